The first kappa shape index (κ1) is 26.6. The first-order valence-electron chi connectivity index (χ1n) is 13.2. The molecule has 9 heteroatoms. The lowest BCUT2D eigenvalue weighted by atomic mass is 9.65. The molecular formula is C30H34N4O5. The van der Waals surface area contributed by atoms with Crippen LogP contribution in [-0.4, -0.2) is 46.7 Å². The molecule has 5 rings (SSSR count). The molecule has 2 aromatic carbocycles. The molecule has 1 aromatic heterocycles. The molecule has 204 valence electrons. The number of amides is 2. The van der Waals surface area contributed by atoms with Crippen molar-refractivity contribution in [1.29, 1.82) is 0 Å². The van der Waals surface area contributed by atoms with Crippen LogP contribution in [0.3, 0.4) is 0 Å². The number of nitrogens with zero attached hydrogens (tertiary/aromatic N) is 1. The van der Waals surface area contributed by atoms with Gasteiger partial charge in [-0.25, -0.2) is 4.98 Å². The van der Waals surface area contributed by atoms with Gasteiger partial charge in [-0.2, -0.15) is 0 Å². The Kier molecular flexibility index (Phi) is 7.29. The van der Waals surface area contributed by atoms with E-state index in [1.54, 1.807) is 12.1 Å². The minimum absolute atomic E-state index is 0.0545. The number of aliphatic hydroxyl groups is 1. The lowest BCUT2D eigenvalue weighted by molar-refractivity contribution is -0.123. The molecule has 2 heterocycles. The monoisotopic (exact) mass is 530 g/mol. The molecule has 3 aromatic rings. The Balaban J connectivity index is 1.11. The van der Waals surface area contributed by atoms with Crippen LogP contribution in [0.4, 0.5) is 5.69 Å². The highest BCUT2D eigenvalue weighted by Crippen LogP contribution is 2.54. The maximum absolute atomic E-state index is 12.6. The summed E-state index contributed by atoms with van der Waals surface area (Å²) in [5.41, 5.74) is 7.67. The van der Waals surface area contributed by atoms with Crippen LogP contribution in [0.15, 0.2) is 60.8 Å². The SMILES string of the molecule is CC(C)(Cc1ccc(Oc2ccc(C(N)=O)cn2)cc1)NC[C@H](O)COc1cccc2c1C1(CCC1)C(=O)N2. The van der Waals surface area contributed by atoms with Crippen molar-refractivity contribution in [3.8, 4) is 17.4 Å². The highest BCUT2D eigenvalue weighted by Gasteiger charge is 2.52. The van der Waals surface area contributed by atoms with Gasteiger partial charge in [-0.3, -0.25) is 9.59 Å². The van der Waals surface area contributed by atoms with E-state index in [9.17, 15) is 14.7 Å². The molecule has 1 aliphatic heterocycles. The van der Waals surface area contributed by atoms with Crippen molar-refractivity contribution in [3.05, 3.63) is 77.5 Å². The van der Waals surface area contributed by atoms with Crippen LogP contribution in [0.2, 0.25) is 0 Å². The second-order valence-corrected chi connectivity index (χ2v) is 11.0. The summed E-state index contributed by atoms with van der Waals surface area (Å²) in [7, 11) is 0. The van der Waals surface area contributed by atoms with Gasteiger partial charge in [0.25, 0.3) is 0 Å². The zero-order chi connectivity index (χ0) is 27.6. The molecule has 2 amide bonds. The van der Waals surface area contributed by atoms with Gasteiger partial charge in [-0.15, -0.1) is 0 Å². The summed E-state index contributed by atoms with van der Waals surface area (Å²) in [5, 5.41) is 17.1. The lowest BCUT2D eigenvalue weighted by Crippen LogP contribution is -2.46. The largest absolute Gasteiger partial charge is 0.490 e. The number of aromatic nitrogens is 1. The third kappa shape index (κ3) is 5.74. The summed E-state index contributed by atoms with van der Waals surface area (Å²) in [4.78, 5) is 27.9. The number of nitrogens with one attached hydrogen (secondary N) is 2. The van der Waals surface area contributed by atoms with Crippen molar-refractivity contribution in [3.63, 3.8) is 0 Å². The minimum atomic E-state index is -0.716. The van der Waals surface area contributed by atoms with Crippen LogP contribution >= 0.6 is 0 Å². The zero-order valence-electron chi connectivity index (χ0n) is 22.2. The molecule has 1 saturated carbocycles. The number of fused-ring (bicyclic) bond motifs is 2. The number of aliphatic hydroxyl groups excluding tert-OH is 1. The van der Waals surface area contributed by atoms with Crippen LogP contribution in [-0.2, 0) is 16.6 Å². The van der Waals surface area contributed by atoms with E-state index >= 15 is 0 Å². The number of carbonyl (C=O) groups is 2. The van der Waals surface area contributed by atoms with E-state index in [4.69, 9.17) is 15.2 Å². The van der Waals surface area contributed by atoms with E-state index in [1.165, 1.54) is 6.20 Å². The summed E-state index contributed by atoms with van der Waals surface area (Å²) < 4.78 is 11.8. The van der Waals surface area contributed by atoms with Crippen LogP contribution in [0.5, 0.6) is 17.4 Å². The smallest absolute Gasteiger partial charge is 0.250 e. The number of anilines is 1. The fraction of sp³-hybridized carbons (Fsp3) is 0.367. The van der Waals surface area contributed by atoms with Crippen molar-refractivity contribution in [1.82, 2.24) is 10.3 Å². The van der Waals surface area contributed by atoms with Crippen molar-refractivity contribution in [2.24, 2.45) is 5.73 Å². The van der Waals surface area contributed by atoms with E-state index in [2.05, 4.69) is 29.5 Å². The van der Waals surface area contributed by atoms with Gasteiger partial charge in [0.1, 0.15) is 24.2 Å². The van der Waals surface area contributed by atoms with Crippen molar-refractivity contribution >= 4 is 17.5 Å². The Bertz CT molecular complexity index is 1350. The van der Waals surface area contributed by atoms with Gasteiger partial charge >= 0.3 is 0 Å². The Morgan fingerprint density at radius 1 is 1.18 bits per heavy atom. The van der Waals surface area contributed by atoms with Crippen molar-refractivity contribution in [2.45, 2.75) is 56.6 Å². The number of hydrogen-bond donors (Lipinski definition) is 4. The molecule has 1 aliphatic carbocycles. The molecule has 1 spiro atoms. The van der Waals surface area contributed by atoms with Crippen LogP contribution in [0.25, 0.3) is 0 Å². The fourth-order valence-electron chi connectivity index (χ4n) is 5.21. The molecule has 1 atom stereocenters. The zero-order valence-corrected chi connectivity index (χ0v) is 22.2. The van der Waals surface area contributed by atoms with Gasteiger partial charge < -0.3 is 30.9 Å². The highest BCUT2D eigenvalue weighted by atomic mass is 16.5. The Morgan fingerprint density at radius 3 is 2.59 bits per heavy atom. The Labute approximate surface area is 227 Å². The van der Waals surface area contributed by atoms with E-state index < -0.39 is 17.4 Å². The molecule has 0 bridgehead atoms. The van der Waals surface area contributed by atoms with Crippen LogP contribution in [0, 0.1) is 0 Å². The predicted octanol–water partition coefficient (Wildman–Crippen LogP) is 3.70. The molecule has 0 unspecified atom stereocenters. The molecule has 5 N–H and O–H groups in total. The average Bonchev–Trinajstić information content (AvgIpc) is 3.20. The first-order valence-corrected chi connectivity index (χ1v) is 13.2. The number of ether oxygens (including phenoxy) is 2. The molecule has 39 heavy (non-hydrogen) atoms. The molecule has 0 radical (unpaired) electrons. The van der Waals surface area contributed by atoms with Gasteiger partial charge in [0.2, 0.25) is 17.7 Å². The number of carbonyl (C=O) groups excluding carboxylic acids is 2. The third-order valence-corrected chi connectivity index (χ3v) is 7.45. The second kappa shape index (κ2) is 10.7. The first-order chi connectivity index (χ1) is 18.6. The van der Waals surface area contributed by atoms with Crippen molar-refractivity contribution < 1.29 is 24.2 Å². The van der Waals surface area contributed by atoms with E-state index in [1.807, 2.05) is 42.5 Å². The fourth-order valence-corrected chi connectivity index (χ4v) is 5.21. The Hall–Kier alpha value is -3.95. The number of pyridine rings is 1. The van der Waals surface area contributed by atoms with Crippen LogP contribution in [0.1, 0.15) is 54.6 Å². The topological polar surface area (TPSA) is 136 Å². The average molecular weight is 531 g/mol. The summed E-state index contributed by atoms with van der Waals surface area (Å²) in [6, 6.07) is 16.5. The number of primary amides is 1. The summed E-state index contributed by atoms with van der Waals surface area (Å²) in [6.07, 6.45) is 4.09. The highest BCUT2D eigenvalue weighted by molar-refractivity contribution is 6.07. The quantitative estimate of drug-likeness (QED) is 0.297. The molecule has 2 aliphatic rings. The standard InChI is InChI=1S/C30H34N4O5/c1-29(2,15-19-7-10-22(11-8-19)39-25-12-9-20(16-32-25)27(31)36)33-17-21(35)18-38-24-6-3-5-23-26(24)30(13-4-14-30)28(37)34-23/h3,5-12,16,21,33,35H,4,13-15,17-18H2,1-2H3,(H2,31,36)(H,34,37)/t21-/m0/s1. The lowest BCUT2D eigenvalue weighted by Gasteiger charge is -2.37. The van der Waals surface area contributed by atoms with Gasteiger partial charge in [0, 0.05) is 35.6 Å². The van der Waals surface area contributed by atoms with Gasteiger partial charge in [-0.05, 0) is 69.0 Å². The Morgan fingerprint density at radius 2 is 1.95 bits per heavy atom. The maximum Gasteiger partial charge on any atom is 0.250 e. The number of nitrogens with two attached hydrogens (primary N) is 1. The number of rotatable bonds is 11. The summed E-state index contributed by atoms with van der Waals surface area (Å²) in [6.45, 7) is 4.65. The van der Waals surface area contributed by atoms with Gasteiger partial charge in [-0.1, -0.05) is 24.6 Å². The maximum atomic E-state index is 12.6. The predicted molar refractivity (Wildman–Crippen MR) is 147 cm³/mol. The molecule has 0 saturated heterocycles. The number of benzene rings is 2. The number of β-amino-alcohol motifs (C(OH)–C–C–N with tert-alkyl or cyclic N) is 1. The second-order valence-electron chi connectivity index (χ2n) is 11.0. The summed E-state index contributed by atoms with van der Waals surface area (Å²) >= 11 is 0. The van der Waals surface area contributed by atoms with Gasteiger partial charge in [0.15, 0.2) is 0 Å². The molecule has 9 nitrogen and oxygen atoms in total. The van der Waals surface area contributed by atoms with Gasteiger partial charge in [0.05, 0.1) is 11.0 Å². The third-order valence-electron chi connectivity index (χ3n) is 7.45. The van der Waals surface area contributed by atoms with Crippen molar-refractivity contribution in [2.75, 3.05) is 18.5 Å². The summed E-state index contributed by atoms with van der Waals surface area (Å²) in [5.74, 6) is 1.19. The minimum Gasteiger partial charge on any atom is -0.490 e. The van der Waals surface area contributed by atoms with E-state index in [-0.39, 0.29) is 18.1 Å². The molecule has 1 fully saturated rings. The molecular weight excluding hydrogens is 496 g/mol. The van der Waals surface area contributed by atoms with E-state index in [0.29, 0.717) is 29.5 Å². The number of hydrogen-bond acceptors (Lipinski definition) is 7. The van der Waals surface area contributed by atoms with E-state index in [0.717, 1.165) is 42.5 Å². The van der Waals surface area contributed by atoms with Crippen LogP contribution < -0.4 is 25.8 Å². The normalized spacial score (nSPS) is 16.2.